The lowest BCUT2D eigenvalue weighted by Gasteiger charge is -2.37. The minimum Gasteiger partial charge on any atom is -0.427 e. The van der Waals surface area contributed by atoms with Crippen LogP contribution in [0.25, 0.3) is 0 Å². The van der Waals surface area contributed by atoms with Crippen molar-refractivity contribution < 1.29 is 27.7 Å². The van der Waals surface area contributed by atoms with Crippen LogP contribution in [0.4, 0.5) is 18.9 Å². The maximum atomic E-state index is 12.8. The number of rotatable bonds is 6. The monoisotopic (exact) mass is 407 g/mol. The van der Waals surface area contributed by atoms with E-state index in [9.17, 15) is 23.1 Å². The van der Waals surface area contributed by atoms with Crippen LogP contribution in [0.1, 0.15) is 49.3 Å². The highest BCUT2D eigenvalue weighted by atomic mass is 19.4. The molecule has 0 spiro atoms. The molecule has 1 radical (unpaired) electrons. The van der Waals surface area contributed by atoms with Crippen molar-refractivity contribution in [3.05, 3.63) is 53.3 Å². The molecule has 2 aromatic rings. The zero-order valence-corrected chi connectivity index (χ0v) is 16.9. The Balaban J connectivity index is 2.17. The molecule has 2 N–H and O–H groups in total. The number of anilines is 1. The molecule has 0 atom stereocenters. The van der Waals surface area contributed by atoms with Gasteiger partial charge in [-0.15, -0.1) is 0 Å². The summed E-state index contributed by atoms with van der Waals surface area (Å²) in [6, 6.07) is 5.76. The Kier molecular flexibility index (Phi) is 6.44. The Labute approximate surface area is 168 Å². The molecule has 2 rings (SSSR count). The molecule has 155 valence electrons. The molecule has 1 aromatic heterocycles. The fraction of sp³-hybridized carbons (Fsp3) is 0.400. The van der Waals surface area contributed by atoms with Crippen molar-refractivity contribution >= 4 is 24.5 Å². The average molecular weight is 407 g/mol. The minimum absolute atomic E-state index is 0.120. The van der Waals surface area contributed by atoms with E-state index in [0.29, 0.717) is 16.8 Å². The zero-order valence-electron chi connectivity index (χ0n) is 16.9. The Bertz CT molecular complexity index is 893. The summed E-state index contributed by atoms with van der Waals surface area (Å²) in [4.78, 5) is 16.5. The normalized spacial score (nSPS) is 12.6. The quantitative estimate of drug-likeness (QED) is 0.720. The molecule has 1 heterocycles. The number of aromatic nitrogens is 1. The summed E-state index contributed by atoms with van der Waals surface area (Å²) in [5.41, 5.74) is -1.54. The van der Waals surface area contributed by atoms with Crippen LogP contribution >= 0.6 is 0 Å². The molecule has 1 amide bonds. The van der Waals surface area contributed by atoms with Crippen LogP contribution in [0.2, 0.25) is 0 Å². The largest absolute Gasteiger partial charge is 0.427 e. The third-order valence-electron chi connectivity index (χ3n) is 4.79. The lowest BCUT2D eigenvalue weighted by atomic mass is 9.82. The molecule has 0 saturated heterocycles. The number of amides is 1. The molecule has 0 unspecified atom stereocenters. The van der Waals surface area contributed by atoms with Gasteiger partial charge >= 0.3 is 13.7 Å². The number of carbonyl (C=O) groups excluding carboxylic acids is 1. The summed E-state index contributed by atoms with van der Waals surface area (Å²) in [7, 11) is 1.43. The average Bonchev–Trinajstić information content (AvgIpc) is 2.60. The Morgan fingerprint density at radius 1 is 1.17 bits per heavy atom. The molecule has 0 aliphatic heterocycles. The van der Waals surface area contributed by atoms with Gasteiger partial charge < -0.3 is 15.1 Å². The van der Waals surface area contributed by atoms with Crippen molar-refractivity contribution in [3.8, 4) is 0 Å². The van der Waals surface area contributed by atoms with E-state index in [-0.39, 0.29) is 5.56 Å². The molecule has 0 fully saturated rings. The highest BCUT2D eigenvalue weighted by molar-refractivity contribution is 6.47. The zero-order chi connectivity index (χ0) is 22.0. The number of halogens is 3. The lowest BCUT2D eigenvalue weighted by molar-refractivity contribution is -0.137. The number of hydrogen-bond donors (Lipinski definition) is 2. The Morgan fingerprint density at radius 2 is 1.83 bits per heavy atom. The van der Waals surface area contributed by atoms with E-state index in [1.807, 2.05) is 0 Å². The van der Waals surface area contributed by atoms with Crippen LogP contribution in [0.3, 0.4) is 0 Å². The van der Waals surface area contributed by atoms with Crippen LogP contribution in [0, 0.1) is 6.92 Å². The van der Waals surface area contributed by atoms with E-state index in [0.717, 1.165) is 12.1 Å². The van der Waals surface area contributed by atoms with E-state index in [4.69, 9.17) is 4.65 Å². The molecule has 0 aliphatic rings. The molecule has 0 saturated carbocycles. The fourth-order valence-corrected chi connectivity index (χ4v) is 2.13. The third-order valence-corrected chi connectivity index (χ3v) is 4.79. The number of nitrogens with zero attached hydrogens (tertiary/aromatic N) is 1. The van der Waals surface area contributed by atoms with Gasteiger partial charge in [0.25, 0.3) is 5.91 Å². The first kappa shape index (κ1) is 22.9. The number of aryl methyl sites for hydroxylation is 1. The maximum absolute atomic E-state index is 12.8. The highest BCUT2D eigenvalue weighted by Gasteiger charge is 2.36. The predicted octanol–water partition coefficient (Wildman–Crippen LogP) is 3.47. The molecule has 9 heteroatoms. The molecule has 0 aliphatic carbocycles. The molecular weight excluding hydrogens is 384 g/mol. The number of alkyl halides is 3. The number of nitrogens with one attached hydrogen (secondary N) is 1. The van der Waals surface area contributed by atoms with Gasteiger partial charge in [-0.1, -0.05) is 6.07 Å². The van der Waals surface area contributed by atoms with Gasteiger partial charge in [0.2, 0.25) is 0 Å². The predicted molar refractivity (Wildman–Crippen MR) is 105 cm³/mol. The van der Waals surface area contributed by atoms with E-state index in [1.54, 1.807) is 40.7 Å². The van der Waals surface area contributed by atoms with E-state index in [2.05, 4.69) is 10.3 Å². The Morgan fingerprint density at radius 3 is 2.41 bits per heavy atom. The number of benzene rings is 1. The van der Waals surface area contributed by atoms with Crippen LogP contribution < -0.4 is 10.8 Å². The maximum Gasteiger partial charge on any atom is 0.416 e. The first-order valence-electron chi connectivity index (χ1n) is 8.89. The second kappa shape index (κ2) is 8.16. The summed E-state index contributed by atoms with van der Waals surface area (Å²) in [6.07, 6.45) is -3.13. The van der Waals surface area contributed by atoms with Crippen molar-refractivity contribution in [1.29, 1.82) is 0 Å². The van der Waals surface area contributed by atoms with Gasteiger partial charge in [0.1, 0.15) is 0 Å². The second-order valence-corrected chi connectivity index (χ2v) is 7.74. The minimum atomic E-state index is -4.53. The van der Waals surface area contributed by atoms with Gasteiger partial charge in [-0.05, 0) is 64.3 Å². The van der Waals surface area contributed by atoms with Gasteiger partial charge in [0.15, 0.2) is 0 Å². The van der Waals surface area contributed by atoms with Crippen molar-refractivity contribution in [1.82, 2.24) is 4.98 Å². The van der Waals surface area contributed by atoms with E-state index in [1.165, 1.54) is 25.8 Å². The summed E-state index contributed by atoms with van der Waals surface area (Å²) in [6.45, 7) is 8.44. The summed E-state index contributed by atoms with van der Waals surface area (Å²) in [5.74, 6) is -0.689. The van der Waals surface area contributed by atoms with Crippen LogP contribution in [0.5, 0.6) is 0 Å². The molecule has 5 nitrogen and oxygen atoms in total. The number of carbonyl (C=O) groups is 1. The highest BCUT2D eigenvalue weighted by Crippen LogP contribution is 2.29. The molecular formula is C20H23BF3N2O3. The van der Waals surface area contributed by atoms with Gasteiger partial charge in [0.05, 0.1) is 28.6 Å². The third kappa shape index (κ3) is 5.80. The second-order valence-electron chi connectivity index (χ2n) is 7.74. The van der Waals surface area contributed by atoms with E-state index < -0.39 is 28.8 Å². The van der Waals surface area contributed by atoms with Crippen LogP contribution in [-0.2, 0) is 10.8 Å². The standard InChI is InChI=1S/C20H23BF3N2O3/c1-12-16(21-29-19(4,5)18(2,3)28)10-15(11-25-12)26-17(27)13-7-6-8-14(9-13)20(22,23)24/h6-11,28H,1-5H3,(H,26,27). The topological polar surface area (TPSA) is 71.5 Å². The summed E-state index contributed by atoms with van der Waals surface area (Å²) >= 11 is 0. The first-order valence-corrected chi connectivity index (χ1v) is 8.89. The van der Waals surface area contributed by atoms with Crippen molar-refractivity contribution in [2.24, 2.45) is 0 Å². The van der Waals surface area contributed by atoms with Crippen LogP contribution in [0.15, 0.2) is 36.5 Å². The number of pyridine rings is 1. The Hall–Kier alpha value is -2.39. The number of aliphatic hydroxyl groups is 1. The number of hydrogen-bond acceptors (Lipinski definition) is 4. The van der Waals surface area contributed by atoms with Gasteiger partial charge in [0, 0.05) is 11.3 Å². The smallest absolute Gasteiger partial charge is 0.416 e. The molecule has 0 bridgehead atoms. The lowest BCUT2D eigenvalue weighted by Crippen LogP contribution is -2.49. The van der Waals surface area contributed by atoms with Crippen molar-refractivity contribution in [2.75, 3.05) is 5.32 Å². The fourth-order valence-electron chi connectivity index (χ4n) is 2.13. The summed E-state index contributed by atoms with van der Waals surface area (Å²) < 4.78 is 44.2. The molecule has 29 heavy (non-hydrogen) atoms. The molecule has 1 aromatic carbocycles. The summed E-state index contributed by atoms with van der Waals surface area (Å²) in [5, 5.41) is 12.7. The van der Waals surface area contributed by atoms with Crippen LogP contribution in [-0.4, -0.2) is 34.7 Å². The SMILES string of the molecule is Cc1ncc(NC(=O)c2cccc(C(F)(F)F)c2)cc1[B]OC(C)(C)C(C)(C)O. The van der Waals surface area contributed by atoms with Gasteiger partial charge in [-0.3, -0.25) is 9.78 Å². The van der Waals surface area contributed by atoms with Gasteiger partial charge in [-0.2, -0.15) is 13.2 Å². The first-order chi connectivity index (χ1) is 13.2. The van der Waals surface area contributed by atoms with E-state index >= 15 is 0 Å². The van der Waals surface area contributed by atoms with Crippen molar-refractivity contribution in [3.63, 3.8) is 0 Å². The van der Waals surface area contributed by atoms with Crippen molar-refractivity contribution in [2.45, 2.75) is 52.0 Å². The van der Waals surface area contributed by atoms with Gasteiger partial charge in [-0.25, -0.2) is 0 Å².